The fourth-order valence-electron chi connectivity index (χ4n) is 4.33. The van der Waals surface area contributed by atoms with Crippen LogP contribution in [0.4, 0.5) is 0 Å². The maximum atomic E-state index is 3.60. The Hall–Kier alpha value is -0.340. The van der Waals surface area contributed by atoms with E-state index in [1.807, 2.05) is 0 Å². The zero-order valence-corrected chi connectivity index (χ0v) is 13.4. The van der Waals surface area contributed by atoms with Crippen molar-refractivity contribution in [1.29, 1.82) is 0 Å². The Bertz CT molecular complexity index is 411. The molecule has 1 aliphatic carbocycles. The third kappa shape index (κ3) is 1.94. The van der Waals surface area contributed by atoms with Crippen LogP contribution in [0.1, 0.15) is 45.1 Å². The van der Waals surface area contributed by atoms with Gasteiger partial charge in [0.15, 0.2) is 0 Å². The van der Waals surface area contributed by atoms with E-state index < -0.39 is 0 Å². The predicted molar refractivity (Wildman–Crippen MR) is 81.9 cm³/mol. The van der Waals surface area contributed by atoms with Crippen LogP contribution in [0.3, 0.4) is 0 Å². The smallest absolute Gasteiger partial charge is 0.0178 e. The van der Waals surface area contributed by atoms with Crippen LogP contribution in [-0.2, 0) is 0 Å². The van der Waals surface area contributed by atoms with Crippen molar-refractivity contribution in [2.75, 3.05) is 7.05 Å². The molecular weight excluding hydrogens is 286 g/mol. The Balaban J connectivity index is 2.37. The Kier molecular flexibility index (Phi) is 4.18. The lowest BCUT2D eigenvalue weighted by molar-refractivity contribution is -0.0356. The normalized spacial score (nSPS) is 29.9. The minimum Gasteiger partial charge on any atom is -0.316 e. The van der Waals surface area contributed by atoms with Gasteiger partial charge in [0.25, 0.3) is 0 Å². The van der Waals surface area contributed by atoms with E-state index >= 15 is 0 Å². The van der Waals surface area contributed by atoms with Crippen LogP contribution in [-0.4, -0.2) is 13.1 Å². The molecule has 0 heterocycles. The zero-order chi connectivity index (χ0) is 13.3. The average Bonchev–Trinajstić information content (AvgIpc) is 2.36. The van der Waals surface area contributed by atoms with Gasteiger partial charge in [0.1, 0.15) is 0 Å². The first kappa shape index (κ1) is 14.1. The Morgan fingerprint density at radius 3 is 2.44 bits per heavy atom. The Morgan fingerprint density at radius 1 is 1.28 bits per heavy atom. The highest BCUT2D eigenvalue weighted by Crippen LogP contribution is 2.60. The molecule has 1 aromatic carbocycles. The molecule has 1 saturated carbocycles. The Labute approximate surface area is 119 Å². The molecule has 0 amide bonds. The van der Waals surface area contributed by atoms with E-state index in [-0.39, 0.29) is 0 Å². The van der Waals surface area contributed by atoms with Crippen LogP contribution >= 0.6 is 15.9 Å². The van der Waals surface area contributed by atoms with E-state index in [0.29, 0.717) is 23.3 Å². The topological polar surface area (TPSA) is 12.0 Å². The molecule has 1 nitrogen and oxygen atoms in total. The molecule has 1 N–H and O–H groups in total. The molecule has 100 valence electrons. The summed E-state index contributed by atoms with van der Waals surface area (Å²) in [6.07, 6.45) is 2.49. The predicted octanol–water partition coefficient (Wildman–Crippen LogP) is 4.58. The molecule has 0 aliphatic heterocycles. The van der Waals surface area contributed by atoms with Gasteiger partial charge in [-0.15, -0.1) is 0 Å². The Morgan fingerprint density at radius 2 is 1.94 bits per heavy atom. The number of hydrogen-bond donors (Lipinski definition) is 1. The van der Waals surface area contributed by atoms with E-state index in [0.717, 1.165) is 0 Å². The van der Waals surface area contributed by atoms with Crippen molar-refractivity contribution < 1.29 is 0 Å². The van der Waals surface area contributed by atoms with Crippen molar-refractivity contribution in [1.82, 2.24) is 5.32 Å². The molecule has 2 heteroatoms. The van der Waals surface area contributed by atoms with Gasteiger partial charge in [-0.25, -0.2) is 0 Å². The van der Waals surface area contributed by atoms with E-state index in [1.165, 1.54) is 22.9 Å². The summed E-state index contributed by atoms with van der Waals surface area (Å²) in [4.78, 5) is 0. The van der Waals surface area contributed by atoms with Crippen LogP contribution < -0.4 is 5.32 Å². The minimum absolute atomic E-state index is 0.426. The van der Waals surface area contributed by atoms with Crippen LogP contribution in [0.2, 0.25) is 0 Å². The molecule has 18 heavy (non-hydrogen) atoms. The van der Waals surface area contributed by atoms with E-state index in [2.05, 4.69) is 73.3 Å². The van der Waals surface area contributed by atoms with Gasteiger partial charge in [0.05, 0.1) is 0 Å². The first-order valence-electron chi connectivity index (χ1n) is 7.03. The minimum atomic E-state index is 0.426. The largest absolute Gasteiger partial charge is 0.316 e. The molecular formula is C16H24BrN. The molecule has 0 aromatic heterocycles. The summed E-state index contributed by atoms with van der Waals surface area (Å²) in [6, 6.07) is 9.51. The molecule has 2 rings (SSSR count). The maximum Gasteiger partial charge on any atom is 0.0178 e. The third-order valence-electron chi connectivity index (χ3n) is 5.13. The lowest BCUT2D eigenvalue weighted by Crippen LogP contribution is -2.63. The van der Waals surface area contributed by atoms with Crippen molar-refractivity contribution in [3.05, 3.63) is 34.3 Å². The summed E-state index contributed by atoms with van der Waals surface area (Å²) in [6.45, 7) is 7.06. The highest BCUT2D eigenvalue weighted by Gasteiger charge is 2.57. The number of hydrogen-bond acceptors (Lipinski definition) is 1. The van der Waals surface area contributed by atoms with E-state index in [4.69, 9.17) is 0 Å². The van der Waals surface area contributed by atoms with Gasteiger partial charge in [-0.2, -0.15) is 0 Å². The van der Waals surface area contributed by atoms with Gasteiger partial charge < -0.3 is 5.32 Å². The highest BCUT2D eigenvalue weighted by atomic mass is 79.9. The quantitative estimate of drug-likeness (QED) is 0.858. The molecule has 0 bridgehead atoms. The monoisotopic (exact) mass is 309 g/mol. The van der Waals surface area contributed by atoms with Crippen LogP contribution in [0.15, 0.2) is 28.7 Å². The van der Waals surface area contributed by atoms with Gasteiger partial charge >= 0.3 is 0 Å². The van der Waals surface area contributed by atoms with Gasteiger partial charge in [-0.1, -0.05) is 48.8 Å². The molecule has 1 aliphatic rings. The second kappa shape index (κ2) is 5.34. The van der Waals surface area contributed by atoms with Crippen LogP contribution in [0.5, 0.6) is 0 Å². The summed E-state index contributed by atoms with van der Waals surface area (Å²) in [7, 11) is 2.11. The molecule has 1 aromatic rings. The van der Waals surface area contributed by atoms with Crippen molar-refractivity contribution in [2.45, 2.75) is 45.6 Å². The summed E-state index contributed by atoms with van der Waals surface area (Å²) >= 11 is 3.60. The standard InChI is InChI=1S/C16H24BrN/c1-5-16(6-2)14(11(3)15(16)18-4)12-8-7-9-13(17)10-12/h7-11,14-15,18H,5-6H2,1-4H3. The lowest BCUT2D eigenvalue weighted by Gasteiger charge is -2.61. The van der Waals surface area contributed by atoms with E-state index in [9.17, 15) is 0 Å². The molecule has 3 unspecified atom stereocenters. The van der Waals surface area contributed by atoms with Gasteiger partial charge in [0.2, 0.25) is 0 Å². The van der Waals surface area contributed by atoms with Gasteiger partial charge in [-0.05, 0) is 54.8 Å². The summed E-state index contributed by atoms with van der Waals surface area (Å²) < 4.78 is 1.20. The number of nitrogens with one attached hydrogen (secondary N) is 1. The number of halogens is 1. The SMILES string of the molecule is CCC1(CC)C(NC)C(C)C1c1cccc(Br)c1. The molecule has 1 fully saturated rings. The first-order chi connectivity index (χ1) is 8.60. The highest BCUT2D eigenvalue weighted by molar-refractivity contribution is 9.10. The average molecular weight is 310 g/mol. The van der Waals surface area contributed by atoms with Crippen LogP contribution in [0.25, 0.3) is 0 Å². The van der Waals surface area contributed by atoms with Crippen molar-refractivity contribution in [3.63, 3.8) is 0 Å². The number of rotatable bonds is 4. The fourth-order valence-corrected chi connectivity index (χ4v) is 4.75. The van der Waals surface area contributed by atoms with Crippen molar-refractivity contribution >= 4 is 15.9 Å². The molecule has 0 radical (unpaired) electrons. The molecule has 0 spiro atoms. The zero-order valence-electron chi connectivity index (χ0n) is 11.8. The maximum absolute atomic E-state index is 3.60. The van der Waals surface area contributed by atoms with Crippen LogP contribution in [0, 0.1) is 11.3 Å². The third-order valence-corrected chi connectivity index (χ3v) is 5.62. The number of benzene rings is 1. The van der Waals surface area contributed by atoms with Gasteiger partial charge in [-0.3, -0.25) is 0 Å². The second-order valence-electron chi connectivity index (χ2n) is 5.60. The van der Waals surface area contributed by atoms with Crippen molar-refractivity contribution in [3.8, 4) is 0 Å². The lowest BCUT2D eigenvalue weighted by atomic mass is 9.46. The second-order valence-corrected chi connectivity index (χ2v) is 6.51. The molecule has 0 saturated heterocycles. The summed E-state index contributed by atoms with van der Waals surface area (Å²) in [5.41, 5.74) is 1.92. The summed E-state index contributed by atoms with van der Waals surface area (Å²) in [5.74, 6) is 1.40. The fraction of sp³-hybridized carbons (Fsp3) is 0.625. The summed E-state index contributed by atoms with van der Waals surface area (Å²) in [5, 5.41) is 3.55. The van der Waals surface area contributed by atoms with Gasteiger partial charge in [0, 0.05) is 10.5 Å². The van der Waals surface area contributed by atoms with Crippen molar-refractivity contribution in [2.24, 2.45) is 11.3 Å². The molecule has 3 atom stereocenters. The first-order valence-corrected chi connectivity index (χ1v) is 7.82. The van der Waals surface area contributed by atoms with E-state index in [1.54, 1.807) is 0 Å².